The number of hydrogen-bond donors (Lipinski definition) is 2. The molecule has 2 rings (SSSR count). The summed E-state index contributed by atoms with van der Waals surface area (Å²) in [6.45, 7) is 4.72. The average Bonchev–Trinajstić information content (AvgIpc) is 2.55. The van der Waals surface area contributed by atoms with Crippen molar-refractivity contribution in [1.29, 1.82) is 0 Å². The van der Waals surface area contributed by atoms with Gasteiger partial charge in [0, 0.05) is 20.1 Å². The van der Waals surface area contributed by atoms with E-state index in [9.17, 15) is 0 Å². The second-order valence-electron chi connectivity index (χ2n) is 5.81. The highest BCUT2D eigenvalue weighted by Gasteiger charge is 2.17. The van der Waals surface area contributed by atoms with E-state index in [0.29, 0.717) is 12.5 Å². The Kier molecular flexibility index (Phi) is 10.0. The lowest BCUT2D eigenvalue weighted by atomic mass is 9.99. The Morgan fingerprint density at radius 2 is 2.09 bits per heavy atom. The third-order valence-corrected chi connectivity index (χ3v) is 3.91. The maximum absolute atomic E-state index is 5.66. The highest BCUT2D eigenvalue weighted by atomic mass is 127. The van der Waals surface area contributed by atoms with E-state index >= 15 is 0 Å². The van der Waals surface area contributed by atoms with Crippen LogP contribution in [-0.2, 0) is 0 Å². The summed E-state index contributed by atoms with van der Waals surface area (Å²) in [5.41, 5.74) is 0. The number of ether oxygens (including phenoxy) is 1. The molecule has 0 aliphatic carbocycles. The molecule has 1 aliphatic rings. The number of rotatable bonds is 6. The lowest BCUT2D eigenvalue weighted by Crippen LogP contribution is -2.44. The van der Waals surface area contributed by atoms with Crippen LogP contribution in [0.2, 0.25) is 0 Å². The van der Waals surface area contributed by atoms with Crippen molar-refractivity contribution in [3.63, 3.8) is 0 Å². The number of nitrogens with one attached hydrogen (secondary N) is 2. The summed E-state index contributed by atoms with van der Waals surface area (Å²) in [5.74, 6) is 2.46. The number of likely N-dealkylation sites (tertiary alicyclic amines) is 1. The Morgan fingerprint density at radius 1 is 1.30 bits per heavy atom. The van der Waals surface area contributed by atoms with E-state index in [4.69, 9.17) is 4.74 Å². The van der Waals surface area contributed by atoms with Crippen LogP contribution in [0.5, 0.6) is 5.75 Å². The first-order chi connectivity index (χ1) is 10.8. The van der Waals surface area contributed by atoms with Gasteiger partial charge in [-0.25, -0.2) is 0 Å². The molecule has 23 heavy (non-hydrogen) atoms. The van der Waals surface area contributed by atoms with E-state index in [0.717, 1.165) is 24.8 Å². The summed E-state index contributed by atoms with van der Waals surface area (Å²) in [6.07, 6.45) is 2.59. The molecule has 0 bridgehead atoms. The van der Waals surface area contributed by atoms with Gasteiger partial charge in [-0.1, -0.05) is 18.2 Å². The van der Waals surface area contributed by atoms with Gasteiger partial charge in [0.1, 0.15) is 12.4 Å². The van der Waals surface area contributed by atoms with Gasteiger partial charge in [0.2, 0.25) is 0 Å². The van der Waals surface area contributed by atoms with Gasteiger partial charge < -0.3 is 20.3 Å². The molecule has 0 amide bonds. The van der Waals surface area contributed by atoms with Gasteiger partial charge in [-0.3, -0.25) is 4.99 Å². The number of benzene rings is 1. The molecule has 2 N–H and O–H groups in total. The number of hydrogen-bond acceptors (Lipinski definition) is 3. The van der Waals surface area contributed by atoms with Gasteiger partial charge in [0.05, 0.1) is 6.54 Å². The predicted molar refractivity (Wildman–Crippen MR) is 107 cm³/mol. The zero-order chi connectivity index (χ0) is 15.6. The van der Waals surface area contributed by atoms with Crippen molar-refractivity contribution in [3.05, 3.63) is 30.3 Å². The summed E-state index contributed by atoms with van der Waals surface area (Å²) < 4.78 is 5.66. The zero-order valence-electron chi connectivity index (χ0n) is 14.1. The van der Waals surface area contributed by atoms with Gasteiger partial charge >= 0.3 is 0 Å². The van der Waals surface area contributed by atoms with Crippen LogP contribution in [0.4, 0.5) is 0 Å². The number of guanidine groups is 1. The number of halogens is 1. The number of nitrogens with zero attached hydrogens (tertiary/aromatic N) is 2. The second-order valence-corrected chi connectivity index (χ2v) is 5.81. The zero-order valence-corrected chi connectivity index (χ0v) is 16.5. The van der Waals surface area contributed by atoms with E-state index in [-0.39, 0.29) is 24.0 Å². The Balaban J connectivity index is 0.00000264. The molecule has 1 fully saturated rings. The van der Waals surface area contributed by atoms with Crippen molar-refractivity contribution in [2.45, 2.75) is 12.8 Å². The molecule has 0 radical (unpaired) electrons. The minimum atomic E-state index is 0. The van der Waals surface area contributed by atoms with Crippen LogP contribution in [0, 0.1) is 5.92 Å². The summed E-state index contributed by atoms with van der Waals surface area (Å²) in [7, 11) is 4.00. The molecule has 0 saturated carbocycles. The lowest BCUT2D eigenvalue weighted by molar-refractivity contribution is 0.210. The minimum absolute atomic E-state index is 0. The van der Waals surface area contributed by atoms with Crippen molar-refractivity contribution < 1.29 is 4.74 Å². The Labute approximate surface area is 156 Å². The smallest absolute Gasteiger partial charge is 0.191 e. The SMILES string of the molecule is CN=C(NCCOc1ccccc1)NCC1CCCN(C)C1.I. The maximum atomic E-state index is 5.66. The number of aliphatic imine (C=N–C) groups is 1. The molecule has 6 heteroatoms. The molecule has 1 aromatic carbocycles. The fourth-order valence-electron chi connectivity index (χ4n) is 2.76. The second kappa shape index (κ2) is 11.5. The van der Waals surface area contributed by atoms with E-state index in [1.54, 1.807) is 7.05 Å². The summed E-state index contributed by atoms with van der Waals surface area (Å²) in [4.78, 5) is 6.66. The molecule has 1 heterocycles. The molecule has 0 aromatic heterocycles. The molecule has 130 valence electrons. The quantitative estimate of drug-likeness (QED) is 0.313. The average molecular weight is 432 g/mol. The molecular formula is C17H29IN4O. The van der Waals surface area contributed by atoms with Crippen LogP contribution >= 0.6 is 24.0 Å². The standard InChI is InChI=1S/C17H28N4O.HI/c1-18-17(20-13-15-7-6-11-21(2)14-15)19-10-12-22-16-8-4-3-5-9-16;/h3-5,8-9,15H,6-7,10-14H2,1-2H3,(H2,18,19,20);1H. The Morgan fingerprint density at radius 3 is 2.78 bits per heavy atom. The molecule has 0 spiro atoms. The van der Waals surface area contributed by atoms with Crippen LogP contribution in [0.3, 0.4) is 0 Å². The van der Waals surface area contributed by atoms with Crippen molar-refractivity contribution in [2.75, 3.05) is 46.9 Å². The third kappa shape index (κ3) is 7.87. The largest absolute Gasteiger partial charge is 0.492 e. The molecular weight excluding hydrogens is 403 g/mol. The van der Waals surface area contributed by atoms with Gasteiger partial charge in [0.15, 0.2) is 5.96 Å². The van der Waals surface area contributed by atoms with E-state index in [1.165, 1.54) is 25.9 Å². The lowest BCUT2D eigenvalue weighted by Gasteiger charge is -2.30. The van der Waals surface area contributed by atoms with Crippen molar-refractivity contribution in [3.8, 4) is 5.75 Å². The van der Waals surface area contributed by atoms with E-state index in [2.05, 4.69) is 27.6 Å². The summed E-state index contributed by atoms with van der Waals surface area (Å²) >= 11 is 0. The van der Waals surface area contributed by atoms with Gasteiger partial charge in [-0.2, -0.15) is 0 Å². The monoisotopic (exact) mass is 432 g/mol. The van der Waals surface area contributed by atoms with E-state index in [1.807, 2.05) is 30.3 Å². The van der Waals surface area contributed by atoms with Crippen LogP contribution in [-0.4, -0.2) is 57.7 Å². The molecule has 1 aromatic rings. The molecule has 1 aliphatic heterocycles. The van der Waals surface area contributed by atoms with Crippen LogP contribution in [0.25, 0.3) is 0 Å². The first kappa shape index (κ1) is 20.0. The topological polar surface area (TPSA) is 48.9 Å². The van der Waals surface area contributed by atoms with Crippen LogP contribution < -0.4 is 15.4 Å². The first-order valence-corrected chi connectivity index (χ1v) is 8.09. The predicted octanol–water partition coefficient (Wildman–Crippen LogP) is 2.19. The normalized spacial score (nSPS) is 18.9. The van der Waals surface area contributed by atoms with Gasteiger partial charge in [-0.15, -0.1) is 24.0 Å². The Hall–Kier alpha value is -1.02. The number of para-hydroxylation sites is 1. The molecule has 1 unspecified atom stereocenters. The molecule has 1 saturated heterocycles. The van der Waals surface area contributed by atoms with E-state index < -0.39 is 0 Å². The highest BCUT2D eigenvalue weighted by Crippen LogP contribution is 2.13. The fraction of sp³-hybridized carbons (Fsp3) is 0.588. The third-order valence-electron chi connectivity index (χ3n) is 3.91. The van der Waals surface area contributed by atoms with Crippen LogP contribution in [0.1, 0.15) is 12.8 Å². The van der Waals surface area contributed by atoms with Crippen molar-refractivity contribution >= 4 is 29.9 Å². The maximum Gasteiger partial charge on any atom is 0.191 e. The fourth-order valence-corrected chi connectivity index (χ4v) is 2.76. The van der Waals surface area contributed by atoms with Crippen LogP contribution in [0.15, 0.2) is 35.3 Å². The van der Waals surface area contributed by atoms with Gasteiger partial charge in [0.25, 0.3) is 0 Å². The first-order valence-electron chi connectivity index (χ1n) is 8.09. The summed E-state index contributed by atoms with van der Waals surface area (Å²) in [6, 6.07) is 9.87. The van der Waals surface area contributed by atoms with Gasteiger partial charge in [-0.05, 0) is 44.5 Å². The number of piperidine rings is 1. The molecule has 1 atom stereocenters. The molecule has 5 nitrogen and oxygen atoms in total. The highest BCUT2D eigenvalue weighted by molar-refractivity contribution is 14.0. The van der Waals surface area contributed by atoms with Crippen molar-refractivity contribution in [1.82, 2.24) is 15.5 Å². The van der Waals surface area contributed by atoms with Crippen molar-refractivity contribution in [2.24, 2.45) is 10.9 Å². The Bertz CT molecular complexity index is 455. The minimum Gasteiger partial charge on any atom is -0.492 e. The summed E-state index contributed by atoms with van der Waals surface area (Å²) in [5, 5.41) is 6.71.